The lowest BCUT2D eigenvalue weighted by atomic mass is 10.2. The van der Waals surface area contributed by atoms with Crippen LogP contribution in [-0.4, -0.2) is 19.6 Å². The Morgan fingerprint density at radius 1 is 0.850 bits per heavy atom. The van der Waals surface area contributed by atoms with Crippen LogP contribution in [0.4, 0.5) is 0 Å². The number of hydrogen-bond donors (Lipinski definition) is 0. The molecule has 0 spiro atoms. The van der Waals surface area contributed by atoms with Gasteiger partial charge < -0.3 is 0 Å². The van der Waals surface area contributed by atoms with Gasteiger partial charge in [0.15, 0.2) is 11.5 Å². The van der Waals surface area contributed by atoms with E-state index in [-0.39, 0.29) is 0 Å². The van der Waals surface area contributed by atoms with E-state index in [0.29, 0.717) is 0 Å². The zero-order chi connectivity index (χ0) is 13.5. The fourth-order valence-corrected chi connectivity index (χ4v) is 2.52. The summed E-state index contributed by atoms with van der Waals surface area (Å²) in [5.41, 5.74) is 2.84. The first kappa shape index (κ1) is 11.1. The van der Waals surface area contributed by atoms with E-state index in [1.54, 1.807) is 0 Å². The van der Waals surface area contributed by atoms with Crippen molar-refractivity contribution in [2.45, 2.75) is 6.92 Å². The Labute approximate surface area is 115 Å². The number of fused-ring (bicyclic) bond motifs is 3. The van der Waals surface area contributed by atoms with Gasteiger partial charge in [0.1, 0.15) is 5.82 Å². The lowest BCUT2D eigenvalue weighted by Gasteiger charge is -2.05. The fraction of sp³-hybridized carbons (Fsp3) is 0.0625. The Morgan fingerprint density at radius 3 is 2.45 bits per heavy atom. The third kappa shape index (κ3) is 1.51. The highest BCUT2D eigenvalue weighted by molar-refractivity contribution is 5.91. The Balaban J connectivity index is 2.13. The van der Waals surface area contributed by atoms with Crippen LogP contribution in [0.5, 0.6) is 0 Å². The number of rotatable bonds is 1. The Kier molecular flexibility index (Phi) is 2.29. The van der Waals surface area contributed by atoms with E-state index in [0.717, 1.165) is 33.8 Å². The summed E-state index contributed by atoms with van der Waals surface area (Å²) in [6.07, 6.45) is 0. The molecule has 0 fully saturated rings. The predicted molar refractivity (Wildman–Crippen MR) is 78.5 cm³/mol. The highest BCUT2D eigenvalue weighted by atomic mass is 15.3. The van der Waals surface area contributed by atoms with Crippen molar-refractivity contribution in [2.75, 3.05) is 0 Å². The van der Waals surface area contributed by atoms with Crippen LogP contribution in [0.25, 0.3) is 27.9 Å². The molecule has 4 nitrogen and oxygen atoms in total. The minimum Gasteiger partial charge on any atom is -0.262 e. The first-order valence-electron chi connectivity index (χ1n) is 6.50. The molecule has 0 bridgehead atoms. The van der Waals surface area contributed by atoms with Crippen LogP contribution in [0.2, 0.25) is 0 Å². The molecule has 2 aromatic carbocycles. The van der Waals surface area contributed by atoms with Crippen molar-refractivity contribution in [3.63, 3.8) is 0 Å². The summed E-state index contributed by atoms with van der Waals surface area (Å²) < 4.78 is 2.01. The second-order valence-electron chi connectivity index (χ2n) is 4.72. The van der Waals surface area contributed by atoms with Crippen molar-refractivity contribution >= 4 is 16.6 Å². The minimum atomic E-state index is 0.830. The Hall–Kier alpha value is -2.75. The van der Waals surface area contributed by atoms with E-state index in [4.69, 9.17) is 0 Å². The highest BCUT2D eigenvalue weighted by Gasteiger charge is 2.13. The lowest BCUT2D eigenvalue weighted by molar-refractivity contribution is 1.01. The maximum atomic E-state index is 4.65. The number of nitrogens with zero attached hydrogens (tertiary/aromatic N) is 4. The van der Waals surface area contributed by atoms with Crippen LogP contribution < -0.4 is 0 Å². The summed E-state index contributed by atoms with van der Waals surface area (Å²) in [5.74, 6) is 1.72. The highest BCUT2D eigenvalue weighted by Crippen LogP contribution is 2.23. The third-order valence-electron chi connectivity index (χ3n) is 3.45. The van der Waals surface area contributed by atoms with Gasteiger partial charge in [0, 0.05) is 10.9 Å². The average Bonchev–Trinajstić information content (AvgIpc) is 2.94. The largest absolute Gasteiger partial charge is 0.262 e. The van der Waals surface area contributed by atoms with E-state index in [9.17, 15) is 0 Å². The monoisotopic (exact) mass is 260 g/mol. The molecular formula is C16H12N4. The zero-order valence-corrected chi connectivity index (χ0v) is 11.0. The van der Waals surface area contributed by atoms with Gasteiger partial charge >= 0.3 is 0 Å². The van der Waals surface area contributed by atoms with E-state index in [2.05, 4.69) is 15.2 Å². The van der Waals surface area contributed by atoms with Gasteiger partial charge in [-0.15, -0.1) is 10.2 Å². The van der Waals surface area contributed by atoms with E-state index < -0.39 is 0 Å². The lowest BCUT2D eigenvalue weighted by Crippen LogP contribution is -1.98. The third-order valence-corrected chi connectivity index (χ3v) is 3.45. The van der Waals surface area contributed by atoms with Crippen molar-refractivity contribution in [3.8, 4) is 11.4 Å². The number of aryl methyl sites for hydroxylation is 1. The van der Waals surface area contributed by atoms with Gasteiger partial charge in [0.25, 0.3) is 0 Å². The second kappa shape index (κ2) is 4.13. The second-order valence-corrected chi connectivity index (χ2v) is 4.72. The van der Waals surface area contributed by atoms with Crippen LogP contribution in [0.1, 0.15) is 5.82 Å². The number of aromatic nitrogens is 4. The summed E-state index contributed by atoms with van der Waals surface area (Å²) in [6.45, 7) is 1.98. The van der Waals surface area contributed by atoms with Crippen LogP contribution in [0, 0.1) is 6.92 Å². The molecule has 0 radical (unpaired) electrons. The van der Waals surface area contributed by atoms with Crippen LogP contribution >= 0.6 is 0 Å². The van der Waals surface area contributed by atoms with E-state index in [1.165, 1.54) is 0 Å². The quantitative estimate of drug-likeness (QED) is 0.527. The molecule has 4 aromatic rings. The van der Waals surface area contributed by atoms with Crippen molar-refractivity contribution in [1.29, 1.82) is 0 Å². The molecule has 2 aromatic heterocycles. The molecule has 0 amide bonds. The number of para-hydroxylation sites is 1. The summed E-state index contributed by atoms with van der Waals surface area (Å²) >= 11 is 0. The maximum absolute atomic E-state index is 4.65. The predicted octanol–water partition coefficient (Wildman–Crippen LogP) is 3.25. The molecule has 2 heterocycles. The van der Waals surface area contributed by atoms with Gasteiger partial charge in [0.05, 0.1) is 5.52 Å². The number of hydrogen-bond acceptors (Lipinski definition) is 3. The van der Waals surface area contributed by atoms with Crippen molar-refractivity contribution in [3.05, 3.63) is 60.4 Å². The smallest absolute Gasteiger partial charge is 0.171 e. The first-order chi connectivity index (χ1) is 9.84. The molecule has 4 rings (SSSR count). The molecule has 0 unspecified atom stereocenters. The maximum Gasteiger partial charge on any atom is 0.171 e. The van der Waals surface area contributed by atoms with Gasteiger partial charge in [-0.2, -0.15) is 0 Å². The molecule has 0 aliphatic rings. The van der Waals surface area contributed by atoms with Gasteiger partial charge in [0.2, 0.25) is 0 Å². The molecule has 0 aliphatic heterocycles. The van der Waals surface area contributed by atoms with E-state index in [1.807, 2.05) is 65.9 Å². The molecule has 20 heavy (non-hydrogen) atoms. The molecule has 0 atom stereocenters. The summed E-state index contributed by atoms with van der Waals surface area (Å²) in [6, 6.07) is 18.1. The van der Waals surface area contributed by atoms with Gasteiger partial charge in [-0.05, 0) is 19.1 Å². The zero-order valence-electron chi connectivity index (χ0n) is 11.0. The summed E-state index contributed by atoms with van der Waals surface area (Å²) in [5, 5.41) is 9.73. The molecule has 0 aliphatic carbocycles. The number of benzene rings is 2. The standard InChI is InChI=1S/C16H12N4/c1-11-17-14-10-6-5-9-13(14)16-19-18-15(20(11)16)12-7-3-2-4-8-12/h2-10H,1H3. The van der Waals surface area contributed by atoms with Gasteiger partial charge in [-0.25, -0.2) is 4.98 Å². The Bertz CT molecular complexity index is 910. The van der Waals surface area contributed by atoms with Crippen molar-refractivity contribution in [2.24, 2.45) is 0 Å². The van der Waals surface area contributed by atoms with Gasteiger partial charge in [-0.3, -0.25) is 4.40 Å². The van der Waals surface area contributed by atoms with Crippen LogP contribution in [-0.2, 0) is 0 Å². The molecule has 96 valence electrons. The molecule has 0 saturated carbocycles. The molecular weight excluding hydrogens is 248 g/mol. The average molecular weight is 260 g/mol. The SMILES string of the molecule is Cc1nc2ccccc2c2nnc(-c3ccccc3)n12. The normalized spacial score (nSPS) is 11.2. The summed E-state index contributed by atoms with van der Waals surface area (Å²) in [4.78, 5) is 4.65. The van der Waals surface area contributed by atoms with Crippen LogP contribution in [0.15, 0.2) is 54.6 Å². The van der Waals surface area contributed by atoms with Crippen molar-refractivity contribution in [1.82, 2.24) is 19.6 Å². The van der Waals surface area contributed by atoms with E-state index >= 15 is 0 Å². The minimum absolute atomic E-state index is 0.830. The molecule has 0 N–H and O–H groups in total. The fourth-order valence-electron chi connectivity index (χ4n) is 2.52. The van der Waals surface area contributed by atoms with Crippen LogP contribution in [0.3, 0.4) is 0 Å². The molecule has 0 saturated heterocycles. The topological polar surface area (TPSA) is 43.1 Å². The van der Waals surface area contributed by atoms with Crippen molar-refractivity contribution < 1.29 is 0 Å². The molecule has 4 heteroatoms. The first-order valence-corrected chi connectivity index (χ1v) is 6.50. The Morgan fingerprint density at radius 2 is 1.60 bits per heavy atom. The summed E-state index contributed by atoms with van der Waals surface area (Å²) in [7, 11) is 0. The van der Waals surface area contributed by atoms with Gasteiger partial charge in [-0.1, -0.05) is 42.5 Å².